The fourth-order valence-corrected chi connectivity index (χ4v) is 1.59. The maximum atomic E-state index is 12.4. The van der Waals surface area contributed by atoms with Crippen molar-refractivity contribution in [3.63, 3.8) is 0 Å². The zero-order valence-electron chi connectivity index (χ0n) is 10.6. The number of halogens is 2. The number of aliphatic hydroxyl groups is 1. The van der Waals surface area contributed by atoms with Gasteiger partial charge in [0.05, 0.1) is 13.2 Å². The lowest BCUT2D eigenvalue weighted by Crippen LogP contribution is -2.32. The van der Waals surface area contributed by atoms with E-state index in [-0.39, 0.29) is 19.2 Å². The molecule has 0 bridgehead atoms. The fourth-order valence-electron chi connectivity index (χ4n) is 1.59. The van der Waals surface area contributed by atoms with E-state index in [0.717, 1.165) is 5.56 Å². The average molecular weight is 259 g/mol. The summed E-state index contributed by atoms with van der Waals surface area (Å²) in [6.07, 6.45) is -0.791. The molecular weight excluding hydrogens is 240 g/mol. The van der Waals surface area contributed by atoms with Crippen molar-refractivity contribution in [1.82, 2.24) is 10.3 Å². The van der Waals surface area contributed by atoms with E-state index in [1.165, 1.54) is 4.90 Å². The van der Waals surface area contributed by atoms with E-state index in [9.17, 15) is 8.78 Å². The molecule has 1 aromatic rings. The molecular formula is C12H19F2N3O. The Bertz CT molecular complexity index is 346. The SMILES string of the molecule is CNC(C)c1ccc(N(CCO)CC(F)F)nc1. The molecule has 0 spiro atoms. The third kappa shape index (κ3) is 4.19. The highest BCUT2D eigenvalue weighted by molar-refractivity contribution is 5.39. The summed E-state index contributed by atoms with van der Waals surface area (Å²) < 4.78 is 24.8. The minimum Gasteiger partial charge on any atom is -0.395 e. The predicted octanol–water partition coefficient (Wildman–Crippen LogP) is 1.43. The van der Waals surface area contributed by atoms with E-state index < -0.39 is 13.0 Å². The molecule has 0 aliphatic carbocycles. The Hall–Kier alpha value is -1.27. The van der Waals surface area contributed by atoms with Crippen molar-refractivity contribution in [2.45, 2.75) is 19.4 Å². The predicted molar refractivity (Wildman–Crippen MR) is 67.0 cm³/mol. The molecule has 1 heterocycles. The maximum Gasteiger partial charge on any atom is 0.255 e. The number of hydrogen-bond acceptors (Lipinski definition) is 4. The number of anilines is 1. The highest BCUT2D eigenvalue weighted by atomic mass is 19.3. The van der Waals surface area contributed by atoms with Gasteiger partial charge >= 0.3 is 0 Å². The summed E-state index contributed by atoms with van der Waals surface area (Å²) in [6, 6.07) is 3.70. The minimum atomic E-state index is -2.45. The summed E-state index contributed by atoms with van der Waals surface area (Å²) in [5.41, 5.74) is 0.988. The van der Waals surface area contributed by atoms with Gasteiger partial charge in [0.1, 0.15) is 5.82 Å². The van der Waals surface area contributed by atoms with Gasteiger partial charge in [0.25, 0.3) is 6.43 Å². The Labute approximate surface area is 106 Å². The number of pyridine rings is 1. The summed E-state index contributed by atoms with van der Waals surface area (Å²) >= 11 is 0. The largest absolute Gasteiger partial charge is 0.395 e. The zero-order valence-corrected chi connectivity index (χ0v) is 10.6. The molecule has 0 aromatic carbocycles. The van der Waals surface area contributed by atoms with E-state index in [4.69, 9.17) is 5.11 Å². The highest BCUT2D eigenvalue weighted by Gasteiger charge is 2.13. The number of hydrogen-bond donors (Lipinski definition) is 2. The summed E-state index contributed by atoms with van der Waals surface area (Å²) in [4.78, 5) is 5.53. The third-order valence-electron chi connectivity index (χ3n) is 2.76. The van der Waals surface area contributed by atoms with Crippen molar-refractivity contribution in [2.75, 3.05) is 31.6 Å². The molecule has 1 rings (SSSR count). The van der Waals surface area contributed by atoms with E-state index >= 15 is 0 Å². The van der Waals surface area contributed by atoms with Crippen LogP contribution in [0, 0.1) is 0 Å². The first-order valence-corrected chi connectivity index (χ1v) is 5.85. The van der Waals surface area contributed by atoms with E-state index in [2.05, 4.69) is 10.3 Å². The number of nitrogens with one attached hydrogen (secondary N) is 1. The van der Waals surface area contributed by atoms with Gasteiger partial charge in [-0.3, -0.25) is 0 Å². The smallest absolute Gasteiger partial charge is 0.255 e. The fraction of sp³-hybridized carbons (Fsp3) is 0.583. The number of aliphatic hydroxyl groups excluding tert-OH is 1. The first-order valence-electron chi connectivity index (χ1n) is 5.85. The Morgan fingerprint density at radius 3 is 2.61 bits per heavy atom. The molecule has 6 heteroatoms. The van der Waals surface area contributed by atoms with Gasteiger partial charge in [0, 0.05) is 18.8 Å². The van der Waals surface area contributed by atoms with Gasteiger partial charge in [-0.1, -0.05) is 6.07 Å². The number of nitrogens with zero attached hydrogens (tertiary/aromatic N) is 2. The van der Waals surface area contributed by atoms with Crippen LogP contribution in [0.3, 0.4) is 0 Å². The lowest BCUT2D eigenvalue weighted by Gasteiger charge is -2.22. The standard InChI is InChI=1S/C12H19F2N3O/c1-9(15-2)10-3-4-12(16-7-10)17(5-6-18)8-11(13)14/h3-4,7,9,11,15,18H,5-6,8H2,1-2H3. The molecule has 2 N–H and O–H groups in total. The summed E-state index contributed by atoms with van der Waals surface area (Å²) in [7, 11) is 1.84. The monoisotopic (exact) mass is 259 g/mol. The Morgan fingerprint density at radius 2 is 2.17 bits per heavy atom. The van der Waals surface area contributed by atoms with Crippen molar-refractivity contribution in [3.8, 4) is 0 Å². The maximum absolute atomic E-state index is 12.4. The second kappa shape index (κ2) is 7.23. The quantitative estimate of drug-likeness (QED) is 0.777. The molecule has 102 valence electrons. The molecule has 0 aliphatic heterocycles. The van der Waals surface area contributed by atoms with Crippen LogP contribution < -0.4 is 10.2 Å². The van der Waals surface area contributed by atoms with E-state index in [0.29, 0.717) is 5.82 Å². The van der Waals surface area contributed by atoms with Gasteiger partial charge in [0.15, 0.2) is 0 Å². The van der Waals surface area contributed by atoms with Gasteiger partial charge in [-0.2, -0.15) is 0 Å². The Kier molecular flexibility index (Phi) is 5.94. The molecule has 1 aromatic heterocycles. The molecule has 0 radical (unpaired) electrons. The van der Waals surface area contributed by atoms with Crippen LogP contribution in [-0.4, -0.2) is 43.3 Å². The minimum absolute atomic E-state index is 0.151. The van der Waals surface area contributed by atoms with Crippen molar-refractivity contribution >= 4 is 5.82 Å². The highest BCUT2D eigenvalue weighted by Crippen LogP contribution is 2.16. The van der Waals surface area contributed by atoms with Crippen molar-refractivity contribution in [3.05, 3.63) is 23.9 Å². The van der Waals surface area contributed by atoms with Crippen LogP contribution in [0.5, 0.6) is 0 Å². The van der Waals surface area contributed by atoms with Gasteiger partial charge in [-0.05, 0) is 25.6 Å². The number of aromatic nitrogens is 1. The third-order valence-corrected chi connectivity index (χ3v) is 2.76. The second-order valence-electron chi connectivity index (χ2n) is 4.02. The molecule has 0 saturated carbocycles. The van der Waals surface area contributed by atoms with Gasteiger partial charge in [-0.15, -0.1) is 0 Å². The molecule has 0 aliphatic rings. The van der Waals surface area contributed by atoms with Gasteiger partial charge in [0.2, 0.25) is 0 Å². The van der Waals surface area contributed by atoms with E-state index in [1.54, 1.807) is 12.3 Å². The molecule has 18 heavy (non-hydrogen) atoms. The topological polar surface area (TPSA) is 48.4 Å². The molecule has 0 amide bonds. The molecule has 1 atom stereocenters. The van der Waals surface area contributed by atoms with E-state index in [1.807, 2.05) is 20.0 Å². The van der Waals surface area contributed by atoms with Crippen LogP contribution in [0.15, 0.2) is 18.3 Å². The van der Waals surface area contributed by atoms with Crippen molar-refractivity contribution < 1.29 is 13.9 Å². The lowest BCUT2D eigenvalue weighted by molar-refractivity contribution is 0.152. The summed E-state index contributed by atoms with van der Waals surface area (Å²) in [5.74, 6) is 0.455. The summed E-state index contributed by atoms with van der Waals surface area (Å²) in [5, 5.41) is 11.9. The number of alkyl halides is 2. The van der Waals surface area contributed by atoms with Gasteiger partial charge in [-0.25, -0.2) is 13.8 Å². The lowest BCUT2D eigenvalue weighted by atomic mass is 10.1. The van der Waals surface area contributed by atoms with Crippen LogP contribution in [0.1, 0.15) is 18.5 Å². The molecule has 0 saturated heterocycles. The van der Waals surface area contributed by atoms with Crippen LogP contribution >= 0.6 is 0 Å². The van der Waals surface area contributed by atoms with Crippen LogP contribution in [0.25, 0.3) is 0 Å². The first kappa shape index (κ1) is 14.8. The van der Waals surface area contributed by atoms with Crippen molar-refractivity contribution in [2.24, 2.45) is 0 Å². The van der Waals surface area contributed by atoms with Gasteiger partial charge < -0.3 is 15.3 Å². The van der Waals surface area contributed by atoms with Crippen molar-refractivity contribution in [1.29, 1.82) is 0 Å². The second-order valence-corrected chi connectivity index (χ2v) is 4.02. The molecule has 0 fully saturated rings. The average Bonchev–Trinajstić information content (AvgIpc) is 2.37. The number of rotatable bonds is 7. The van der Waals surface area contributed by atoms with Crippen LogP contribution in [0.2, 0.25) is 0 Å². The normalized spacial score (nSPS) is 12.8. The van der Waals surface area contributed by atoms with Crippen LogP contribution in [-0.2, 0) is 0 Å². The molecule has 1 unspecified atom stereocenters. The zero-order chi connectivity index (χ0) is 13.5. The Morgan fingerprint density at radius 1 is 1.44 bits per heavy atom. The van der Waals surface area contributed by atoms with Crippen LogP contribution in [0.4, 0.5) is 14.6 Å². The molecule has 4 nitrogen and oxygen atoms in total. The summed E-state index contributed by atoms with van der Waals surface area (Å²) in [6.45, 7) is 1.54. The Balaban J connectivity index is 2.79. The first-order chi connectivity index (χ1) is 8.58.